The van der Waals surface area contributed by atoms with E-state index in [1.54, 1.807) is 19.6 Å². The summed E-state index contributed by atoms with van der Waals surface area (Å²) < 4.78 is 7.33. The number of nitrogens with zero attached hydrogens (tertiary/aromatic N) is 5. The van der Waals surface area contributed by atoms with Crippen molar-refractivity contribution >= 4 is 11.0 Å². The first-order valence-electron chi connectivity index (χ1n) is 8.63. The predicted molar refractivity (Wildman–Crippen MR) is 98.8 cm³/mol. The molecule has 26 heavy (non-hydrogen) atoms. The Bertz CT molecular complexity index is 1090. The van der Waals surface area contributed by atoms with Gasteiger partial charge in [-0.25, -0.2) is 15.0 Å². The molecule has 0 unspecified atom stereocenters. The Morgan fingerprint density at radius 2 is 1.88 bits per heavy atom. The lowest BCUT2D eigenvalue weighted by atomic mass is 10.0. The van der Waals surface area contributed by atoms with Crippen LogP contribution >= 0.6 is 0 Å². The molecule has 0 bridgehead atoms. The number of aromatic nitrogens is 5. The van der Waals surface area contributed by atoms with Gasteiger partial charge in [-0.05, 0) is 12.8 Å². The smallest absolute Gasteiger partial charge is 0.139 e. The van der Waals surface area contributed by atoms with Crippen LogP contribution in [0.2, 0.25) is 0 Å². The van der Waals surface area contributed by atoms with E-state index in [1.807, 2.05) is 24.3 Å². The standard InChI is InChI=1S/C20H17N5O/c1-26-15-9-17-20(21-10-15)19(23-12-22-17)16-11-25(14-7-8-14)24-18(16)13-5-3-2-4-6-13/h2-6,9-12,14H,7-8H2,1H3. The molecule has 0 atom stereocenters. The Kier molecular flexibility index (Phi) is 3.41. The fraction of sp³-hybridized carbons (Fsp3) is 0.200. The number of rotatable bonds is 4. The van der Waals surface area contributed by atoms with Gasteiger partial charge in [0.15, 0.2) is 0 Å². The lowest BCUT2D eigenvalue weighted by molar-refractivity contribution is 0.413. The number of benzene rings is 1. The highest BCUT2D eigenvalue weighted by Crippen LogP contribution is 2.39. The Balaban J connectivity index is 1.74. The van der Waals surface area contributed by atoms with E-state index < -0.39 is 0 Å². The summed E-state index contributed by atoms with van der Waals surface area (Å²) in [5, 5.41) is 4.86. The van der Waals surface area contributed by atoms with Crippen molar-refractivity contribution in [1.82, 2.24) is 24.7 Å². The van der Waals surface area contributed by atoms with Crippen LogP contribution in [-0.4, -0.2) is 31.8 Å². The number of ether oxygens (including phenoxy) is 1. The van der Waals surface area contributed by atoms with Gasteiger partial charge in [-0.3, -0.25) is 4.68 Å². The second-order valence-corrected chi connectivity index (χ2v) is 6.43. The molecule has 1 fully saturated rings. The molecule has 1 aromatic carbocycles. The number of fused-ring (bicyclic) bond motifs is 1. The highest BCUT2D eigenvalue weighted by molar-refractivity contribution is 5.93. The summed E-state index contributed by atoms with van der Waals surface area (Å²) in [6.07, 6.45) is 7.71. The van der Waals surface area contributed by atoms with Crippen molar-refractivity contribution in [3.05, 3.63) is 55.1 Å². The summed E-state index contributed by atoms with van der Waals surface area (Å²) >= 11 is 0. The van der Waals surface area contributed by atoms with E-state index in [0.717, 1.165) is 33.5 Å². The Labute approximate surface area is 150 Å². The van der Waals surface area contributed by atoms with Gasteiger partial charge in [-0.2, -0.15) is 5.10 Å². The average molecular weight is 343 g/mol. The van der Waals surface area contributed by atoms with E-state index in [1.165, 1.54) is 12.8 Å². The van der Waals surface area contributed by atoms with Crippen molar-refractivity contribution in [3.63, 3.8) is 0 Å². The first kappa shape index (κ1) is 15.0. The molecule has 3 aromatic heterocycles. The van der Waals surface area contributed by atoms with Crippen molar-refractivity contribution in [2.45, 2.75) is 18.9 Å². The third kappa shape index (κ3) is 2.50. The Hall–Kier alpha value is -3.28. The third-order valence-corrected chi connectivity index (χ3v) is 4.64. The van der Waals surface area contributed by atoms with E-state index >= 15 is 0 Å². The maximum absolute atomic E-state index is 5.27. The van der Waals surface area contributed by atoms with Crippen LogP contribution < -0.4 is 4.74 Å². The fourth-order valence-electron chi connectivity index (χ4n) is 3.13. The Morgan fingerprint density at radius 3 is 2.65 bits per heavy atom. The first-order chi connectivity index (χ1) is 12.8. The highest BCUT2D eigenvalue weighted by atomic mass is 16.5. The second kappa shape index (κ2) is 5.91. The van der Waals surface area contributed by atoms with Crippen LogP contribution in [0.4, 0.5) is 0 Å². The molecular formula is C20H17N5O. The summed E-state index contributed by atoms with van der Waals surface area (Å²) in [6.45, 7) is 0. The van der Waals surface area contributed by atoms with Crippen molar-refractivity contribution in [2.75, 3.05) is 7.11 Å². The SMILES string of the molecule is COc1cnc2c(-c3cn(C4CC4)nc3-c3ccccc3)ncnc2c1. The summed E-state index contributed by atoms with van der Waals surface area (Å²) in [5.74, 6) is 0.680. The third-order valence-electron chi connectivity index (χ3n) is 4.64. The number of hydrogen-bond donors (Lipinski definition) is 0. The van der Waals surface area contributed by atoms with Crippen molar-refractivity contribution in [1.29, 1.82) is 0 Å². The summed E-state index contributed by atoms with van der Waals surface area (Å²) in [6, 6.07) is 12.6. The lowest BCUT2D eigenvalue weighted by Gasteiger charge is -2.06. The minimum Gasteiger partial charge on any atom is -0.495 e. The van der Waals surface area contributed by atoms with Crippen molar-refractivity contribution in [2.24, 2.45) is 0 Å². The van der Waals surface area contributed by atoms with Crippen LogP contribution in [0.15, 0.2) is 55.1 Å². The molecule has 4 aromatic rings. The van der Waals surface area contributed by atoms with E-state index in [4.69, 9.17) is 9.84 Å². The summed E-state index contributed by atoms with van der Waals surface area (Å²) in [5.41, 5.74) is 5.28. The molecular weight excluding hydrogens is 326 g/mol. The monoisotopic (exact) mass is 343 g/mol. The molecule has 1 aliphatic carbocycles. The van der Waals surface area contributed by atoms with Gasteiger partial charge in [0.2, 0.25) is 0 Å². The largest absolute Gasteiger partial charge is 0.495 e. The molecule has 0 amide bonds. The maximum Gasteiger partial charge on any atom is 0.139 e. The molecule has 6 nitrogen and oxygen atoms in total. The van der Waals surface area contributed by atoms with E-state index in [2.05, 4.69) is 38.0 Å². The normalized spacial score (nSPS) is 13.9. The lowest BCUT2D eigenvalue weighted by Crippen LogP contribution is -1.93. The Morgan fingerprint density at radius 1 is 1.04 bits per heavy atom. The van der Waals surface area contributed by atoms with Gasteiger partial charge in [0.05, 0.1) is 24.9 Å². The van der Waals surface area contributed by atoms with Crippen molar-refractivity contribution < 1.29 is 4.74 Å². The fourth-order valence-corrected chi connectivity index (χ4v) is 3.13. The molecule has 1 saturated carbocycles. The predicted octanol–water partition coefficient (Wildman–Crippen LogP) is 3.90. The minimum absolute atomic E-state index is 0.493. The van der Waals surface area contributed by atoms with Gasteiger partial charge in [-0.1, -0.05) is 30.3 Å². The molecule has 6 heteroatoms. The number of pyridine rings is 1. The first-order valence-corrected chi connectivity index (χ1v) is 8.63. The van der Waals surface area contributed by atoms with Gasteiger partial charge >= 0.3 is 0 Å². The summed E-state index contributed by atoms with van der Waals surface area (Å²) in [4.78, 5) is 13.4. The number of hydrogen-bond acceptors (Lipinski definition) is 5. The van der Waals surface area contributed by atoms with Crippen LogP contribution in [0.5, 0.6) is 5.75 Å². The van der Waals surface area contributed by atoms with Gasteiger partial charge in [0.1, 0.15) is 29.0 Å². The maximum atomic E-state index is 5.27. The quantitative estimate of drug-likeness (QED) is 0.562. The minimum atomic E-state index is 0.493. The zero-order valence-electron chi connectivity index (χ0n) is 14.3. The number of methoxy groups -OCH3 is 1. The second-order valence-electron chi connectivity index (χ2n) is 6.43. The van der Waals surface area contributed by atoms with Crippen LogP contribution in [0.25, 0.3) is 33.5 Å². The topological polar surface area (TPSA) is 65.7 Å². The van der Waals surface area contributed by atoms with Crippen LogP contribution in [0.1, 0.15) is 18.9 Å². The molecule has 1 aliphatic rings. The molecule has 3 heterocycles. The van der Waals surface area contributed by atoms with Crippen LogP contribution in [0, 0.1) is 0 Å². The average Bonchev–Trinajstić information content (AvgIpc) is 3.46. The van der Waals surface area contributed by atoms with Crippen molar-refractivity contribution in [3.8, 4) is 28.3 Å². The molecule has 0 N–H and O–H groups in total. The molecule has 0 radical (unpaired) electrons. The van der Waals surface area contributed by atoms with Crippen LogP contribution in [-0.2, 0) is 0 Å². The molecule has 0 saturated heterocycles. The highest BCUT2D eigenvalue weighted by Gasteiger charge is 2.27. The molecule has 5 rings (SSSR count). The zero-order valence-corrected chi connectivity index (χ0v) is 14.3. The van der Waals surface area contributed by atoms with E-state index in [9.17, 15) is 0 Å². The van der Waals surface area contributed by atoms with Crippen LogP contribution in [0.3, 0.4) is 0 Å². The van der Waals surface area contributed by atoms with Gasteiger partial charge < -0.3 is 4.74 Å². The molecule has 0 spiro atoms. The van der Waals surface area contributed by atoms with E-state index in [0.29, 0.717) is 11.8 Å². The van der Waals surface area contributed by atoms with Gasteiger partial charge in [-0.15, -0.1) is 0 Å². The van der Waals surface area contributed by atoms with Gasteiger partial charge in [0.25, 0.3) is 0 Å². The molecule has 128 valence electrons. The summed E-state index contributed by atoms with van der Waals surface area (Å²) in [7, 11) is 1.62. The van der Waals surface area contributed by atoms with Gasteiger partial charge in [0, 0.05) is 23.4 Å². The zero-order chi connectivity index (χ0) is 17.5. The molecule has 0 aliphatic heterocycles. The van der Waals surface area contributed by atoms with E-state index in [-0.39, 0.29) is 0 Å².